The van der Waals surface area contributed by atoms with Crippen LogP contribution in [0.4, 0.5) is 0 Å². The molecule has 0 fully saturated rings. The Bertz CT molecular complexity index is 989. The maximum Gasteiger partial charge on any atom is 0.332 e. The lowest BCUT2D eigenvalue weighted by Crippen LogP contribution is -2.52. The predicted molar refractivity (Wildman–Crippen MR) is 101 cm³/mol. The van der Waals surface area contributed by atoms with E-state index in [2.05, 4.69) is 15.0 Å². The van der Waals surface area contributed by atoms with Gasteiger partial charge in [0.2, 0.25) is 0 Å². The molecule has 0 spiro atoms. The highest BCUT2D eigenvalue weighted by Crippen LogP contribution is 2.26. The number of aromatic nitrogens is 2. The van der Waals surface area contributed by atoms with E-state index in [-0.39, 0.29) is 0 Å². The molecule has 0 unspecified atom stereocenters. The zero-order valence-electron chi connectivity index (χ0n) is 15.9. The van der Waals surface area contributed by atoms with Gasteiger partial charge < -0.3 is 9.57 Å². The van der Waals surface area contributed by atoms with E-state index in [1.807, 2.05) is 0 Å². The molecule has 26 heavy (non-hydrogen) atoms. The Morgan fingerprint density at radius 2 is 1.85 bits per heavy atom. The molecule has 8 nitrogen and oxygen atoms in total. The second kappa shape index (κ2) is 6.71. The molecule has 142 valence electrons. The molecule has 2 aromatic rings. The Kier molecular flexibility index (Phi) is 5.14. The monoisotopic (exact) mass is 381 g/mol. The molecule has 0 bridgehead atoms. The highest BCUT2D eigenvalue weighted by Gasteiger charge is 2.37. The van der Waals surface area contributed by atoms with Gasteiger partial charge in [-0.15, -0.1) is 11.3 Å². The lowest BCUT2D eigenvalue weighted by atomic mass is 10.0. The van der Waals surface area contributed by atoms with Crippen LogP contribution in [0, 0.1) is 6.92 Å². The molecule has 9 heteroatoms. The van der Waals surface area contributed by atoms with Crippen molar-refractivity contribution in [3.05, 3.63) is 31.3 Å². The number of nitrogens with one attached hydrogen (secondary N) is 1. The largest absolute Gasteiger partial charge is 0.458 e. The molecule has 0 aromatic carbocycles. The smallest absolute Gasteiger partial charge is 0.332 e. The molecule has 0 amide bonds. The lowest BCUT2D eigenvalue weighted by Gasteiger charge is -2.29. The molecule has 0 aliphatic rings. The Labute approximate surface area is 154 Å². The first-order chi connectivity index (χ1) is 11.9. The van der Waals surface area contributed by atoms with Crippen molar-refractivity contribution in [1.29, 1.82) is 0 Å². The maximum atomic E-state index is 13.0. The number of aromatic amines is 1. The highest BCUT2D eigenvalue weighted by atomic mass is 32.1. The first kappa shape index (κ1) is 19.9. The summed E-state index contributed by atoms with van der Waals surface area (Å²) in [5.74, 6) is -0.661. The average molecular weight is 381 g/mol. The number of thiophene rings is 1. The number of carbonyl (C=O) groups excluding carboxylic acids is 1. The Morgan fingerprint density at radius 1 is 1.23 bits per heavy atom. The van der Waals surface area contributed by atoms with Crippen LogP contribution in [0.1, 0.15) is 45.1 Å². The van der Waals surface area contributed by atoms with Crippen molar-refractivity contribution in [2.24, 2.45) is 5.16 Å². The highest BCUT2D eigenvalue weighted by molar-refractivity contribution is 7.20. The molecule has 0 saturated carbocycles. The van der Waals surface area contributed by atoms with Gasteiger partial charge in [0.15, 0.2) is 0 Å². The summed E-state index contributed by atoms with van der Waals surface area (Å²) in [6.07, 6.45) is 1.47. The normalized spacial score (nSPS) is 12.7. The number of oxime groups is 1. The van der Waals surface area contributed by atoms with Crippen LogP contribution in [0.5, 0.6) is 0 Å². The van der Waals surface area contributed by atoms with Gasteiger partial charge in [-0.3, -0.25) is 9.78 Å². The number of ether oxygens (including phenoxy) is 1. The van der Waals surface area contributed by atoms with Crippen LogP contribution in [-0.4, -0.2) is 34.4 Å². The van der Waals surface area contributed by atoms with Crippen LogP contribution in [0.2, 0.25) is 0 Å². The van der Waals surface area contributed by atoms with E-state index in [1.165, 1.54) is 38.5 Å². The summed E-state index contributed by atoms with van der Waals surface area (Å²) >= 11 is 1.22. The minimum absolute atomic E-state index is 0.337. The zero-order valence-corrected chi connectivity index (χ0v) is 16.7. The third kappa shape index (κ3) is 3.57. The number of nitrogens with zero attached hydrogens (tertiary/aromatic N) is 2. The van der Waals surface area contributed by atoms with Crippen molar-refractivity contribution >= 4 is 33.7 Å². The van der Waals surface area contributed by atoms with Crippen molar-refractivity contribution in [3.8, 4) is 0 Å². The van der Waals surface area contributed by atoms with Crippen LogP contribution >= 0.6 is 11.3 Å². The molecule has 0 aliphatic carbocycles. The van der Waals surface area contributed by atoms with Crippen LogP contribution in [0.3, 0.4) is 0 Å². The van der Waals surface area contributed by atoms with Gasteiger partial charge in [-0.05, 0) is 47.1 Å². The predicted octanol–water partition coefficient (Wildman–Crippen LogP) is 2.12. The number of aryl methyl sites for hydroxylation is 1. The third-order valence-corrected chi connectivity index (χ3v) is 4.90. The van der Waals surface area contributed by atoms with Gasteiger partial charge in [0.05, 0.1) is 16.5 Å². The number of esters is 1. The quantitative estimate of drug-likeness (QED) is 0.496. The number of hydrogen-bond donors (Lipinski definition) is 1. The standard InChI is InChI=1S/C17H23N3O5S/c1-9-10(8-18-24-7)26-12-11(9)13(21)20(15(23)19-12)17(5,6)14(22)25-16(2,3)4/h8H,1-7H3,(H,19,23). The van der Waals surface area contributed by atoms with Crippen molar-refractivity contribution in [3.63, 3.8) is 0 Å². The summed E-state index contributed by atoms with van der Waals surface area (Å²) in [5.41, 5.74) is -2.78. The average Bonchev–Trinajstić information content (AvgIpc) is 2.79. The number of hydrogen-bond acceptors (Lipinski definition) is 7. The van der Waals surface area contributed by atoms with Gasteiger partial charge in [-0.1, -0.05) is 5.16 Å². The van der Waals surface area contributed by atoms with Crippen LogP contribution in [-0.2, 0) is 19.9 Å². The minimum Gasteiger partial charge on any atom is -0.458 e. The molecular formula is C17H23N3O5S. The van der Waals surface area contributed by atoms with E-state index in [4.69, 9.17) is 4.74 Å². The summed E-state index contributed by atoms with van der Waals surface area (Å²) in [4.78, 5) is 46.6. The topological polar surface area (TPSA) is 103 Å². The van der Waals surface area contributed by atoms with Crippen LogP contribution in [0.25, 0.3) is 10.2 Å². The first-order valence-corrected chi connectivity index (χ1v) is 8.80. The van der Waals surface area contributed by atoms with Gasteiger partial charge in [-0.2, -0.15) is 0 Å². The van der Waals surface area contributed by atoms with Gasteiger partial charge in [-0.25, -0.2) is 14.2 Å². The van der Waals surface area contributed by atoms with Gasteiger partial charge in [0.25, 0.3) is 5.56 Å². The van der Waals surface area contributed by atoms with E-state index < -0.39 is 28.4 Å². The minimum atomic E-state index is -1.47. The Hall–Kier alpha value is -2.42. The van der Waals surface area contributed by atoms with E-state index in [9.17, 15) is 14.4 Å². The molecule has 2 heterocycles. The second-order valence-corrected chi connectivity index (χ2v) is 8.40. The summed E-state index contributed by atoms with van der Waals surface area (Å²) < 4.78 is 6.28. The summed E-state index contributed by atoms with van der Waals surface area (Å²) in [7, 11) is 1.41. The molecule has 0 radical (unpaired) electrons. The second-order valence-electron chi connectivity index (χ2n) is 7.34. The maximum absolute atomic E-state index is 13.0. The fraction of sp³-hybridized carbons (Fsp3) is 0.529. The van der Waals surface area contributed by atoms with Crippen molar-refractivity contribution in [2.45, 2.75) is 52.7 Å². The van der Waals surface area contributed by atoms with Crippen molar-refractivity contribution in [2.75, 3.05) is 7.11 Å². The third-order valence-electron chi connectivity index (χ3n) is 3.76. The molecule has 0 atom stereocenters. The van der Waals surface area contributed by atoms with E-state index in [1.54, 1.807) is 27.7 Å². The number of carbonyl (C=O) groups is 1. The van der Waals surface area contributed by atoms with Crippen LogP contribution in [0.15, 0.2) is 14.7 Å². The molecule has 2 rings (SSSR count). The van der Waals surface area contributed by atoms with Gasteiger partial charge in [0, 0.05) is 0 Å². The van der Waals surface area contributed by atoms with E-state index in [0.717, 1.165) is 4.57 Å². The SMILES string of the molecule is CON=Cc1sc2[nH]c(=O)n(C(C)(C)C(=O)OC(C)(C)C)c(=O)c2c1C. The Balaban J connectivity index is 2.71. The number of H-pyrrole nitrogens is 1. The van der Waals surface area contributed by atoms with E-state index >= 15 is 0 Å². The van der Waals surface area contributed by atoms with Gasteiger partial charge in [0.1, 0.15) is 23.1 Å². The van der Waals surface area contributed by atoms with Crippen LogP contribution < -0.4 is 11.2 Å². The molecular weight excluding hydrogens is 358 g/mol. The van der Waals surface area contributed by atoms with Gasteiger partial charge >= 0.3 is 11.7 Å². The number of rotatable bonds is 4. The Morgan fingerprint density at radius 3 is 2.38 bits per heavy atom. The fourth-order valence-corrected chi connectivity index (χ4v) is 3.51. The summed E-state index contributed by atoms with van der Waals surface area (Å²) in [5, 5.41) is 4.04. The van der Waals surface area contributed by atoms with Crippen molar-refractivity contribution < 1.29 is 14.4 Å². The molecule has 0 aliphatic heterocycles. The fourth-order valence-electron chi connectivity index (χ4n) is 2.46. The zero-order chi connectivity index (χ0) is 19.9. The molecule has 2 aromatic heterocycles. The van der Waals surface area contributed by atoms with E-state index in [0.29, 0.717) is 20.7 Å². The molecule has 1 N–H and O–H groups in total. The summed E-state index contributed by atoms with van der Waals surface area (Å²) in [6, 6.07) is 0. The first-order valence-electron chi connectivity index (χ1n) is 7.99. The van der Waals surface area contributed by atoms with Crippen molar-refractivity contribution in [1.82, 2.24) is 9.55 Å². The molecule has 0 saturated heterocycles. The summed E-state index contributed by atoms with van der Waals surface area (Å²) in [6.45, 7) is 9.89. The lowest BCUT2D eigenvalue weighted by molar-refractivity contribution is -0.164. The number of fused-ring (bicyclic) bond motifs is 1.